The number of benzene rings is 3. The molecule has 1 fully saturated rings. The van der Waals surface area contributed by atoms with Crippen LogP contribution in [0.2, 0.25) is 0 Å². The molecular formula is C24H17N3O8S. The van der Waals surface area contributed by atoms with Gasteiger partial charge in [-0.15, -0.1) is 0 Å². The van der Waals surface area contributed by atoms with E-state index in [0.29, 0.717) is 5.56 Å². The van der Waals surface area contributed by atoms with Gasteiger partial charge in [0.05, 0.1) is 34.5 Å². The zero-order valence-electron chi connectivity index (χ0n) is 18.7. The molecule has 1 aliphatic heterocycles. The van der Waals surface area contributed by atoms with Crippen LogP contribution in [0.15, 0.2) is 71.6 Å². The van der Waals surface area contributed by atoms with Crippen molar-refractivity contribution in [3.63, 3.8) is 0 Å². The molecule has 3 aromatic carbocycles. The highest BCUT2D eigenvalue weighted by Gasteiger charge is 2.35. The largest absolute Gasteiger partial charge is 0.493 e. The van der Waals surface area contributed by atoms with E-state index in [0.717, 1.165) is 40.4 Å². The molecular weight excluding hydrogens is 490 g/mol. The molecule has 4 rings (SSSR count). The molecule has 1 heterocycles. The van der Waals surface area contributed by atoms with E-state index in [9.17, 15) is 29.8 Å². The SMILES string of the molecule is COc1cccc(/C=C2\SC(=O)N(Cc3ccccc3)C2=O)c1Oc1ccc([N+](=O)[O-])cc1[N+](=O)[O-]. The Morgan fingerprint density at radius 2 is 1.69 bits per heavy atom. The van der Waals surface area contributed by atoms with Crippen LogP contribution in [0.5, 0.6) is 17.2 Å². The van der Waals surface area contributed by atoms with E-state index in [4.69, 9.17) is 9.47 Å². The highest BCUT2D eigenvalue weighted by molar-refractivity contribution is 8.18. The quantitative estimate of drug-likeness (QED) is 0.218. The minimum Gasteiger partial charge on any atom is -0.493 e. The fourth-order valence-electron chi connectivity index (χ4n) is 3.42. The molecule has 0 aromatic heterocycles. The monoisotopic (exact) mass is 507 g/mol. The summed E-state index contributed by atoms with van der Waals surface area (Å²) < 4.78 is 11.1. The molecule has 36 heavy (non-hydrogen) atoms. The predicted octanol–water partition coefficient (Wildman–Crippen LogP) is 5.54. The molecule has 0 spiro atoms. The first kappa shape index (κ1) is 24.4. The highest BCUT2D eigenvalue weighted by atomic mass is 32.2. The van der Waals surface area contributed by atoms with Crippen molar-refractivity contribution >= 4 is 40.4 Å². The van der Waals surface area contributed by atoms with Crippen molar-refractivity contribution in [1.82, 2.24) is 4.90 Å². The summed E-state index contributed by atoms with van der Waals surface area (Å²) in [5.41, 5.74) is 0.00905. The van der Waals surface area contributed by atoms with Crippen LogP contribution in [-0.2, 0) is 11.3 Å². The number of hydrogen-bond acceptors (Lipinski definition) is 9. The summed E-state index contributed by atoms with van der Waals surface area (Å²) in [6.45, 7) is 0.110. The maximum absolute atomic E-state index is 13.0. The third-order valence-electron chi connectivity index (χ3n) is 5.14. The van der Waals surface area contributed by atoms with Crippen LogP contribution in [-0.4, -0.2) is 33.0 Å². The van der Waals surface area contributed by atoms with E-state index in [1.165, 1.54) is 13.2 Å². The number of nitro benzene ring substituents is 2. The first-order valence-corrected chi connectivity index (χ1v) is 11.2. The zero-order valence-corrected chi connectivity index (χ0v) is 19.5. The molecule has 0 N–H and O–H groups in total. The van der Waals surface area contributed by atoms with Crippen molar-refractivity contribution in [1.29, 1.82) is 0 Å². The van der Waals surface area contributed by atoms with Gasteiger partial charge in [-0.3, -0.25) is 34.7 Å². The van der Waals surface area contributed by atoms with Gasteiger partial charge >= 0.3 is 5.69 Å². The van der Waals surface area contributed by atoms with Gasteiger partial charge in [-0.05, 0) is 35.5 Å². The maximum Gasteiger partial charge on any atom is 0.318 e. The van der Waals surface area contributed by atoms with Gasteiger partial charge in [0.1, 0.15) is 0 Å². The van der Waals surface area contributed by atoms with Crippen molar-refractivity contribution in [2.24, 2.45) is 0 Å². The molecule has 2 amide bonds. The number of methoxy groups -OCH3 is 1. The van der Waals surface area contributed by atoms with E-state index in [-0.39, 0.29) is 28.7 Å². The van der Waals surface area contributed by atoms with Crippen molar-refractivity contribution in [2.75, 3.05) is 7.11 Å². The van der Waals surface area contributed by atoms with E-state index in [1.807, 2.05) is 18.2 Å². The number of para-hydroxylation sites is 1. The second-order valence-corrected chi connectivity index (χ2v) is 8.39. The maximum atomic E-state index is 13.0. The van der Waals surface area contributed by atoms with E-state index in [1.54, 1.807) is 30.3 Å². The van der Waals surface area contributed by atoms with Gasteiger partial charge in [-0.25, -0.2) is 0 Å². The van der Waals surface area contributed by atoms with Gasteiger partial charge in [0, 0.05) is 11.6 Å². The van der Waals surface area contributed by atoms with Crippen LogP contribution in [0.25, 0.3) is 6.08 Å². The Hall–Kier alpha value is -4.71. The minimum atomic E-state index is -0.799. The standard InChI is InChI=1S/C24H17N3O8S/c1-34-20-9-5-8-16(22(20)35-19-11-10-17(26(30)31)13-18(19)27(32)33)12-21-23(28)25(24(29)36-21)14-15-6-3-2-4-7-15/h2-13H,14H2,1H3/b21-12-. The molecule has 1 saturated heterocycles. The average molecular weight is 507 g/mol. The summed E-state index contributed by atoms with van der Waals surface area (Å²) in [5.74, 6) is -0.530. The van der Waals surface area contributed by atoms with Crippen LogP contribution in [0.3, 0.4) is 0 Å². The normalized spacial score (nSPS) is 14.2. The molecule has 0 radical (unpaired) electrons. The molecule has 182 valence electrons. The van der Waals surface area contributed by atoms with Gasteiger partial charge in [0.2, 0.25) is 5.75 Å². The second kappa shape index (κ2) is 10.3. The number of imide groups is 1. The summed E-state index contributed by atoms with van der Waals surface area (Å²) in [6, 6.07) is 16.8. The Bertz CT molecular complexity index is 1410. The number of ether oxygens (including phenoxy) is 2. The Kier molecular flexibility index (Phi) is 6.97. The van der Waals surface area contributed by atoms with Crippen molar-refractivity contribution < 1.29 is 28.9 Å². The molecule has 0 atom stereocenters. The fraction of sp³-hybridized carbons (Fsp3) is 0.0833. The van der Waals surface area contributed by atoms with Crippen LogP contribution < -0.4 is 9.47 Å². The second-order valence-electron chi connectivity index (χ2n) is 7.40. The van der Waals surface area contributed by atoms with Gasteiger partial charge in [-0.1, -0.05) is 42.5 Å². The number of non-ortho nitro benzene ring substituents is 1. The molecule has 0 saturated carbocycles. The Morgan fingerprint density at radius 3 is 2.36 bits per heavy atom. The van der Waals surface area contributed by atoms with Crippen LogP contribution in [0.4, 0.5) is 16.2 Å². The summed E-state index contributed by atoms with van der Waals surface area (Å²) >= 11 is 0.757. The summed E-state index contributed by atoms with van der Waals surface area (Å²) in [4.78, 5) is 47.8. The molecule has 0 bridgehead atoms. The number of hydrogen-bond donors (Lipinski definition) is 0. The van der Waals surface area contributed by atoms with Crippen LogP contribution in [0, 0.1) is 20.2 Å². The van der Waals surface area contributed by atoms with Gasteiger partial charge in [0.15, 0.2) is 11.5 Å². The first-order valence-electron chi connectivity index (χ1n) is 10.4. The van der Waals surface area contributed by atoms with Crippen LogP contribution in [0.1, 0.15) is 11.1 Å². The smallest absolute Gasteiger partial charge is 0.318 e. The van der Waals surface area contributed by atoms with Crippen LogP contribution >= 0.6 is 11.8 Å². The van der Waals surface area contributed by atoms with E-state index in [2.05, 4.69) is 0 Å². The average Bonchev–Trinajstić information content (AvgIpc) is 3.12. The topological polar surface area (TPSA) is 142 Å². The Labute approximate surface area is 208 Å². The number of nitro groups is 2. The number of carbonyl (C=O) groups excluding carboxylic acids is 2. The van der Waals surface area contributed by atoms with Crippen molar-refractivity contribution in [2.45, 2.75) is 6.54 Å². The van der Waals surface area contributed by atoms with Gasteiger partial charge in [-0.2, -0.15) is 0 Å². The predicted molar refractivity (Wildman–Crippen MR) is 131 cm³/mol. The summed E-state index contributed by atoms with van der Waals surface area (Å²) in [5, 5.41) is 22.1. The third-order valence-corrected chi connectivity index (χ3v) is 6.04. The lowest BCUT2D eigenvalue weighted by molar-refractivity contribution is -0.394. The number of nitrogens with zero attached hydrogens (tertiary/aromatic N) is 3. The molecule has 12 heteroatoms. The third kappa shape index (κ3) is 5.03. The van der Waals surface area contributed by atoms with Gasteiger partial charge in [0.25, 0.3) is 16.8 Å². The number of carbonyl (C=O) groups is 2. The van der Waals surface area contributed by atoms with Gasteiger partial charge < -0.3 is 9.47 Å². The molecule has 0 aliphatic carbocycles. The zero-order chi connectivity index (χ0) is 25.8. The van der Waals surface area contributed by atoms with E-state index < -0.39 is 32.4 Å². The Morgan fingerprint density at radius 1 is 0.944 bits per heavy atom. The molecule has 11 nitrogen and oxygen atoms in total. The lowest BCUT2D eigenvalue weighted by atomic mass is 10.1. The van der Waals surface area contributed by atoms with E-state index >= 15 is 0 Å². The lowest BCUT2D eigenvalue weighted by Gasteiger charge is -2.14. The number of amides is 2. The minimum absolute atomic E-state index is 0.0341. The number of thioether (sulfide) groups is 1. The highest BCUT2D eigenvalue weighted by Crippen LogP contribution is 2.42. The molecule has 3 aromatic rings. The summed E-state index contributed by atoms with van der Waals surface area (Å²) in [7, 11) is 1.37. The first-order chi connectivity index (χ1) is 17.3. The fourth-order valence-corrected chi connectivity index (χ4v) is 4.25. The summed E-state index contributed by atoms with van der Waals surface area (Å²) in [6.07, 6.45) is 1.44. The lowest BCUT2D eigenvalue weighted by Crippen LogP contribution is -2.27. The Balaban J connectivity index is 1.70. The van der Waals surface area contributed by atoms with Crippen molar-refractivity contribution in [3.8, 4) is 17.2 Å². The number of rotatable bonds is 8. The van der Waals surface area contributed by atoms with Crippen molar-refractivity contribution in [3.05, 3.63) is 103 Å². The molecule has 0 unspecified atom stereocenters. The molecule has 1 aliphatic rings.